The summed E-state index contributed by atoms with van der Waals surface area (Å²) in [6.07, 6.45) is 2.71. The Morgan fingerprint density at radius 2 is 1.89 bits per heavy atom. The van der Waals surface area contributed by atoms with Crippen molar-refractivity contribution in [3.05, 3.63) is 62.8 Å². The fourth-order valence-corrected chi connectivity index (χ4v) is 2.48. The Labute approximate surface area is 108 Å². The second kappa shape index (κ2) is 4.57. The van der Waals surface area contributed by atoms with E-state index in [1.54, 1.807) is 0 Å². The number of aromatic nitrogens is 2. The highest BCUT2D eigenvalue weighted by Crippen LogP contribution is 2.17. The standard InChI is InChI=1S/C14H12F2N2O/c15-9-4-8(5-10(16)7-9)6-13-17-12-3-1-2-11(12)14(19)18-13/h4-5,7H,1-3,6H2,(H,17,18,19). The third-order valence-corrected chi connectivity index (χ3v) is 3.28. The molecular weight excluding hydrogens is 250 g/mol. The van der Waals surface area contributed by atoms with Crippen LogP contribution in [0.25, 0.3) is 0 Å². The van der Waals surface area contributed by atoms with E-state index in [2.05, 4.69) is 9.97 Å². The highest BCUT2D eigenvalue weighted by Gasteiger charge is 2.17. The van der Waals surface area contributed by atoms with E-state index in [-0.39, 0.29) is 12.0 Å². The Balaban J connectivity index is 1.95. The molecule has 0 atom stereocenters. The van der Waals surface area contributed by atoms with Gasteiger partial charge in [0.2, 0.25) is 0 Å². The van der Waals surface area contributed by atoms with Crippen LogP contribution in [-0.4, -0.2) is 9.97 Å². The molecule has 2 aromatic rings. The lowest BCUT2D eigenvalue weighted by Gasteiger charge is -2.04. The molecular formula is C14H12F2N2O. The monoisotopic (exact) mass is 262 g/mol. The van der Waals surface area contributed by atoms with E-state index in [0.29, 0.717) is 11.4 Å². The van der Waals surface area contributed by atoms with Crippen molar-refractivity contribution in [3.8, 4) is 0 Å². The minimum absolute atomic E-state index is 0.130. The van der Waals surface area contributed by atoms with E-state index in [1.165, 1.54) is 12.1 Å². The normalized spacial score (nSPS) is 13.6. The van der Waals surface area contributed by atoms with E-state index in [1.807, 2.05) is 0 Å². The number of fused-ring (bicyclic) bond motifs is 1. The number of hydrogen-bond donors (Lipinski definition) is 1. The zero-order valence-electron chi connectivity index (χ0n) is 10.2. The van der Waals surface area contributed by atoms with Crippen LogP contribution in [0.2, 0.25) is 0 Å². The summed E-state index contributed by atoms with van der Waals surface area (Å²) in [5.74, 6) is -0.798. The smallest absolute Gasteiger partial charge is 0.254 e. The number of benzene rings is 1. The van der Waals surface area contributed by atoms with Crippen molar-refractivity contribution in [2.45, 2.75) is 25.7 Å². The summed E-state index contributed by atoms with van der Waals surface area (Å²) in [5.41, 5.74) is 1.89. The van der Waals surface area contributed by atoms with Crippen molar-refractivity contribution in [1.29, 1.82) is 0 Å². The molecule has 1 aliphatic carbocycles. The van der Waals surface area contributed by atoms with Gasteiger partial charge in [0.1, 0.15) is 17.5 Å². The number of nitrogens with zero attached hydrogens (tertiary/aromatic N) is 1. The molecule has 5 heteroatoms. The van der Waals surface area contributed by atoms with Gasteiger partial charge in [-0.2, -0.15) is 0 Å². The van der Waals surface area contributed by atoms with Crippen LogP contribution in [0, 0.1) is 11.6 Å². The molecule has 3 rings (SSSR count). The van der Waals surface area contributed by atoms with E-state index < -0.39 is 11.6 Å². The Kier molecular flexibility index (Phi) is 2.89. The molecule has 0 amide bonds. The zero-order chi connectivity index (χ0) is 13.4. The van der Waals surface area contributed by atoms with Gasteiger partial charge < -0.3 is 4.98 Å². The van der Waals surface area contributed by atoms with Crippen LogP contribution in [-0.2, 0) is 19.3 Å². The summed E-state index contributed by atoms with van der Waals surface area (Å²) in [4.78, 5) is 18.9. The van der Waals surface area contributed by atoms with Gasteiger partial charge >= 0.3 is 0 Å². The van der Waals surface area contributed by atoms with Gasteiger partial charge in [-0.25, -0.2) is 13.8 Å². The lowest BCUT2D eigenvalue weighted by Crippen LogP contribution is -2.17. The Bertz CT molecular complexity index is 674. The number of nitrogens with one attached hydrogen (secondary N) is 1. The number of aryl methyl sites for hydroxylation is 1. The van der Waals surface area contributed by atoms with E-state index >= 15 is 0 Å². The van der Waals surface area contributed by atoms with Crippen LogP contribution in [0.3, 0.4) is 0 Å². The first-order valence-corrected chi connectivity index (χ1v) is 6.18. The zero-order valence-corrected chi connectivity index (χ0v) is 10.2. The lowest BCUT2D eigenvalue weighted by molar-refractivity contribution is 0.580. The molecule has 19 heavy (non-hydrogen) atoms. The second-order valence-electron chi connectivity index (χ2n) is 4.75. The van der Waals surface area contributed by atoms with Crippen LogP contribution in [0.1, 0.15) is 29.1 Å². The van der Waals surface area contributed by atoms with Crippen molar-refractivity contribution in [2.75, 3.05) is 0 Å². The molecule has 0 aliphatic heterocycles. The van der Waals surface area contributed by atoms with E-state index in [9.17, 15) is 13.6 Å². The molecule has 0 bridgehead atoms. The third kappa shape index (κ3) is 2.41. The number of rotatable bonds is 2. The largest absolute Gasteiger partial charge is 0.310 e. The molecule has 0 spiro atoms. The van der Waals surface area contributed by atoms with Crippen molar-refractivity contribution in [3.63, 3.8) is 0 Å². The van der Waals surface area contributed by atoms with Gasteiger partial charge in [-0.1, -0.05) is 0 Å². The molecule has 1 heterocycles. The molecule has 3 nitrogen and oxygen atoms in total. The maximum Gasteiger partial charge on any atom is 0.254 e. The highest BCUT2D eigenvalue weighted by atomic mass is 19.1. The van der Waals surface area contributed by atoms with Crippen LogP contribution in [0.15, 0.2) is 23.0 Å². The molecule has 0 unspecified atom stereocenters. The van der Waals surface area contributed by atoms with Gasteiger partial charge in [0, 0.05) is 18.1 Å². The maximum atomic E-state index is 13.1. The van der Waals surface area contributed by atoms with E-state index in [0.717, 1.165) is 36.6 Å². The average molecular weight is 262 g/mol. The molecule has 1 aromatic carbocycles. The van der Waals surface area contributed by atoms with E-state index in [4.69, 9.17) is 0 Å². The van der Waals surface area contributed by atoms with Gasteiger partial charge in [-0.3, -0.25) is 4.79 Å². The van der Waals surface area contributed by atoms with Gasteiger partial charge in [-0.05, 0) is 37.0 Å². The molecule has 0 saturated carbocycles. The average Bonchev–Trinajstić information content (AvgIpc) is 2.75. The highest BCUT2D eigenvalue weighted by molar-refractivity contribution is 5.26. The Hall–Kier alpha value is -2.04. The molecule has 1 aliphatic rings. The number of H-pyrrole nitrogens is 1. The molecule has 98 valence electrons. The molecule has 0 radical (unpaired) electrons. The number of halogens is 2. The Morgan fingerprint density at radius 3 is 2.63 bits per heavy atom. The SMILES string of the molecule is O=c1[nH]c(Cc2cc(F)cc(F)c2)nc2c1CCC2. The molecule has 0 fully saturated rings. The molecule has 1 N–H and O–H groups in total. The minimum Gasteiger partial charge on any atom is -0.310 e. The van der Waals surface area contributed by atoms with Crippen LogP contribution < -0.4 is 5.56 Å². The minimum atomic E-state index is -0.626. The summed E-state index contributed by atoms with van der Waals surface area (Å²) in [6.45, 7) is 0. The first kappa shape index (κ1) is 12.0. The van der Waals surface area contributed by atoms with Gasteiger partial charge in [0.25, 0.3) is 5.56 Å². The summed E-state index contributed by atoms with van der Waals surface area (Å²) in [7, 11) is 0. The van der Waals surface area contributed by atoms with Crippen molar-refractivity contribution in [1.82, 2.24) is 9.97 Å². The quantitative estimate of drug-likeness (QED) is 0.901. The summed E-state index contributed by atoms with van der Waals surface area (Å²) < 4.78 is 26.2. The topological polar surface area (TPSA) is 45.8 Å². The van der Waals surface area contributed by atoms with Crippen molar-refractivity contribution >= 4 is 0 Å². The van der Waals surface area contributed by atoms with Crippen LogP contribution in [0.4, 0.5) is 8.78 Å². The molecule has 1 aromatic heterocycles. The van der Waals surface area contributed by atoms with Crippen molar-refractivity contribution in [2.24, 2.45) is 0 Å². The Morgan fingerprint density at radius 1 is 1.16 bits per heavy atom. The van der Waals surface area contributed by atoms with Gasteiger partial charge in [-0.15, -0.1) is 0 Å². The predicted molar refractivity (Wildman–Crippen MR) is 66.0 cm³/mol. The van der Waals surface area contributed by atoms with Gasteiger partial charge in [0.15, 0.2) is 0 Å². The van der Waals surface area contributed by atoms with Crippen molar-refractivity contribution < 1.29 is 8.78 Å². The van der Waals surface area contributed by atoms with Gasteiger partial charge in [0.05, 0.1) is 5.69 Å². The second-order valence-corrected chi connectivity index (χ2v) is 4.75. The summed E-state index contributed by atoms with van der Waals surface area (Å²) in [5, 5.41) is 0. The fourth-order valence-electron chi connectivity index (χ4n) is 2.48. The molecule has 0 saturated heterocycles. The summed E-state index contributed by atoms with van der Waals surface area (Å²) >= 11 is 0. The first-order valence-electron chi connectivity index (χ1n) is 6.18. The predicted octanol–water partition coefficient (Wildman–Crippen LogP) is 2.13. The lowest BCUT2D eigenvalue weighted by atomic mass is 10.1. The van der Waals surface area contributed by atoms with Crippen LogP contribution in [0.5, 0.6) is 0 Å². The third-order valence-electron chi connectivity index (χ3n) is 3.28. The van der Waals surface area contributed by atoms with Crippen LogP contribution >= 0.6 is 0 Å². The first-order chi connectivity index (χ1) is 9.11. The number of aromatic amines is 1. The summed E-state index contributed by atoms with van der Waals surface area (Å²) in [6, 6.07) is 3.31. The fraction of sp³-hybridized carbons (Fsp3) is 0.286. The number of hydrogen-bond acceptors (Lipinski definition) is 2. The maximum absolute atomic E-state index is 13.1.